The minimum Gasteiger partial charge on any atom is -0.326 e. The van der Waals surface area contributed by atoms with E-state index < -0.39 is 23.6 Å². The highest BCUT2D eigenvalue weighted by atomic mass is 19.4. The van der Waals surface area contributed by atoms with Crippen LogP contribution in [0.15, 0.2) is 18.2 Å². The monoisotopic (exact) mass is 290 g/mol. The van der Waals surface area contributed by atoms with E-state index in [9.17, 15) is 17.6 Å². The molecule has 1 saturated heterocycles. The number of hydrogen-bond donors (Lipinski definition) is 1. The number of likely N-dealkylation sites (tertiary alicyclic amines) is 1. The lowest BCUT2D eigenvalue weighted by molar-refractivity contribution is -0.138. The number of rotatable bonds is 3. The first-order valence-corrected chi connectivity index (χ1v) is 6.71. The molecule has 0 saturated carbocycles. The Labute approximate surface area is 115 Å². The number of benzene rings is 1. The van der Waals surface area contributed by atoms with E-state index in [1.54, 1.807) is 0 Å². The minimum atomic E-state index is -4.57. The van der Waals surface area contributed by atoms with Crippen molar-refractivity contribution in [2.45, 2.75) is 38.0 Å². The van der Waals surface area contributed by atoms with E-state index in [0.717, 1.165) is 12.5 Å². The van der Waals surface area contributed by atoms with Gasteiger partial charge in [-0.2, -0.15) is 13.2 Å². The lowest BCUT2D eigenvalue weighted by Crippen LogP contribution is -2.34. The van der Waals surface area contributed by atoms with Crippen molar-refractivity contribution in [1.29, 1.82) is 0 Å². The van der Waals surface area contributed by atoms with Crippen LogP contribution in [0.5, 0.6) is 0 Å². The number of nitrogens with two attached hydrogens (primary N) is 1. The van der Waals surface area contributed by atoms with Crippen LogP contribution in [0.3, 0.4) is 0 Å². The maximum atomic E-state index is 13.2. The van der Waals surface area contributed by atoms with Gasteiger partial charge in [-0.05, 0) is 37.1 Å². The Bertz CT molecular complexity index is 471. The Kier molecular flexibility index (Phi) is 4.34. The molecule has 2 unspecified atom stereocenters. The SMILES string of the molecule is CCCN1CCC(N)C1c1ccc(F)cc1C(F)(F)F. The van der Waals surface area contributed by atoms with E-state index in [1.807, 2.05) is 11.8 Å². The normalized spacial score (nSPS) is 24.3. The van der Waals surface area contributed by atoms with Crippen LogP contribution < -0.4 is 5.73 Å². The molecule has 6 heteroatoms. The number of alkyl halides is 3. The Morgan fingerprint density at radius 2 is 2.05 bits per heavy atom. The number of halogens is 4. The predicted molar refractivity (Wildman–Crippen MR) is 68.6 cm³/mol. The first-order chi connectivity index (χ1) is 9.34. The zero-order valence-corrected chi connectivity index (χ0v) is 11.3. The van der Waals surface area contributed by atoms with Gasteiger partial charge in [0.15, 0.2) is 0 Å². The third-order valence-electron chi connectivity index (χ3n) is 3.70. The molecular weight excluding hydrogens is 272 g/mol. The van der Waals surface area contributed by atoms with Gasteiger partial charge in [0.05, 0.1) is 11.6 Å². The van der Waals surface area contributed by atoms with Crippen molar-refractivity contribution < 1.29 is 17.6 Å². The zero-order valence-electron chi connectivity index (χ0n) is 11.3. The summed E-state index contributed by atoms with van der Waals surface area (Å²) in [5, 5.41) is 0. The van der Waals surface area contributed by atoms with Gasteiger partial charge in [-0.1, -0.05) is 13.0 Å². The van der Waals surface area contributed by atoms with E-state index in [0.29, 0.717) is 25.6 Å². The second-order valence-electron chi connectivity index (χ2n) is 5.16. The Morgan fingerprint density at radius 1 is 1.35 bits per heavy atom. The molecule has 0 aromatic heterocycles. The second kappa shape index (κ2) is 5.69. The Balaban J connectivity index is 2.45. The van der Waals surface area contributed by atoms with Crippen molar-refractivity contribution in [2.75, 3.05) is 13.1 Å². The first-order valence-electron chi connectivity index (χ1n) is 6.71. The van der Waals surface area contributed by atoms with Crippen LogP contribution in [-0.4, -0.2) is 24.0 Å². The molecule has 1 heterocycles. The summed E-state index contributed by atoms with van der Waals surface area (Å²) in [4.78, 5) is 1.95. The van der Waals surface area contributed by atoms with E-state index in [4.69, 9.17) is 5.73 Å². The van der Waals surface area contributed by atoms with Gasteiger partial charge < -0.3 is 5.73 Å². The number of nitrogens with zero attached hydrogens (tertiary/aromatic N) is 1. The average Bonchev–Trinajstić information content (AvgIpc) is 2.70. The van der Waals surface area contributed by atoms with Crippen LogP contribution in [-0.2, 0) is 6.18 Å². The molecule has 2 nitrogen and oxygen atoms in total. The van der Waals surface area contributed by atoms with Crippen LogP contribution in [0, 0.1) is 5.82 Å². The lowest BCUT2D eigenvalue weighted by atomic mass is 9.95. The molecule has 1 aromatic carbocycles. The van der Waals surface area contributed by atoms with Crippen molar-refractivity contribution in [3.05, 3.63) is 35.1 Å². The van der Waals surface area contributed by atoms with E-state index >= 15 is 0 Å². The van der Waals surface area contributed by atoms with Crippen molar-refractivity contribution in [3.8, 4) is 0 Å². The highest BCUT2D eigenvalue weighted by molar-refractivity contribution is 5.35. The van der Waals surface area contributed by atoms with Crippen LogP contribution >= 0.6 is 0 Å². The minimum absolute atomic E-state index is 0.0809. The molecule has 2 N–H and O–H groups in total. The summed E-state index contributed by atoms with van der Waals surface area (Å²) in [6.45, 7) is 3.33. The Hall–Kier alpha value is -1.14. The third kappa shape index (κ3) is 2.96. The molecule has 0 amide bonds. The third-order valence-corrected chi connectivity index (χ3v) is 3.70. The molecule has 0 radical (unpaired) electrons. The first kappa shape index (κ1) is 15.3. The molecule has 20 heavy (non-hydrogen) atoms. The van der Waals surface area contributed by atoms with Crippen LogP contribution in [0.4, 0.5) is 17.6 Å². The topological polar surface area (TPSA) is 29.3 Å². The van der Waals surface area contributed by atoms with Gasteiger partial charge in [0.2, 0.25) is 0 Å². The van der Waals surface area contributed by atoms with Crippen LogP contribution in [0.2, 0.25) is 0 Å². The summed E-state index contributed by atoms with van der Waals surface area (Å²) in [7, 11) is 0. The molecule has 0 spiro atoms. The van der Waals surface area contributed by atoms with Gasteiger partial charge in [-0.15, -0.1) is 0 Å². The van der Waals surface area contributed by atoms with E-state index in [2.05, 4.69) is 0 Å². The number of hydrogen-bond acceptors (Lipinski definition) is 2. The van der Waals surface area contributed by atoms with Crippen LogP contribution in [0.25, 0.3) is 0 Å². The van der Waals surface area contributed by atoms with Gasteiger partial charge in [-0.3, -0.25) is 4.90 Å². The molecule has 0 aliphatic carbocycles. The van der Waals surface area contributed by atoms with Crippen molar-refractivity contribution in [3.63, 3.8) is 0 Å². The fourth-order valence-corrected chi connectivity index (χ4v) is 2.88. The molecule has 1 fully saturated rings. The molecule has 1 aliphatic rings. The van der Waals surface area contributed by atoms with Gasteiger partial charge in [0.25, 0.3) is 0 Å². The summed E-state index contributed by atoms with van der Waals surface area (Å²) in [6, 6.07) is 2.00. The molecular formula is C14H18F4N2. The van der Waals surface area contributed by atoms with Gasteiger partial charge in [0.1, 0.15) is 5.82 Å². The molecule has 2 atom stereocenters. The fraction of sp³-hybridized carbons (Fsp3) is 0.571. The summed E-state index contributed by atoms with van der Waals surface area (Å²) >= 11 is 0. The van der Waals surface area contributed by atoms with Gasteiger partial charge in [0, 0.05) is 12.6 Å². The maximum absolute atomic E-state index is 13.2. The quantitative estimate of drug-likeness (QED) is 0.865. The van der Waals surface area contributed by atoms with Crippen LogP contribution in [0.1, 0.15) is 36.9 Å². The molecule has 2 rings (SSSR count). The Morgan fingerprint density at radius 3 is 2.65 bits per heavy atom. The van der Waals surface area contributed by atoms with Gasteiger partial charge in [-0.25, -0.2) is 4.39 Å². The van der Waals surface area contributed by atoms with Crippen molar-refractivity contribution in [1.82, 2.24) is 4.90 Å². The fourth-order valence-electron chi connectivity index (χ4n) is 2.88. The molecule has 0 bridgehead atoms. The molecule has 1 aromatic rings. The molecule has 1 aliphatic heterocycles. The predicted octanol–water partition coefficient (Wildman–Crippen LogP) is 3.33. The standard InChI is InChI=1S/C14H18F4N2/c1-2-6-20-7-5-12(19)13(20)10-4-3-9(15)8-11(10)14(16,17)18/h3-4,8,12-13H,2,5-7,19H2,1H3. The average molecular weight is 290 g/mol. The summed E-state index contributed by atoms with van der Waals surface area (Å²) in [5.74, 6) is -0.880. The largest absolute Gasteiger partial charge is 0.416 e. The smallest absolute Gasteiger partial charge is 0.326 e. The highest BCUT2D eigenvalue weighted by Crippen LogP contribution is 2.40. The lowest BCUT2D eigenvalue weighted by Gasteiger charge is -2.29. The van der Waals surface area contributed by atoms with Crippen molar-refractivity contribution in [2.24, 2.45) is 5.73 Å². The second-order valence-corrected chi connectivity index (χ2v) is 5.16. The van der Waals surface area contributed by atoms with E-state index in [-0.39, 0.29) is 11.6 Å². The molecule has 112 valence electrons. The highest BCUT2D eigenvalue weighted by Gasteiger charge is 2.40. The zero-order chi connectivity index (χ0) is 14.9. The summed E-state index contributed by atoms with van der Waals surface area (Å²) < 4.78 is 52.4. The maximum Gasteiger partial charge on any atom is 0.416 e. The summed E-state index contributed by atoms with van der Waals surface area (Å²) in [5.41, 5.74) is 5.14. The van der Waals surface area contributed by atoms with Crippen molar-refractivity contribution >= 4 is 0 Å². The van der Waals surface area contributed by atoms with E-state index in [1.165, 1.54) is 6.07 Å². The van der Waals surface area contributed by atoms with Gasteiger partial charge >= 0.3 is 6.18 Å². The summed E-state index contributed by atoms with van der Waals surface area (Å²) in [6.07, 6.45) is -3.08.